The van der Waals surface area contributed by atoms with Crippen molar-refractivity contribution in [2.45, 2.75) is 58.0 Å². The number of nitrogens with one attached hydrogen (secondary N) is 1. The van der Waals surface area contributed by atoms with Gasteiger partial charge < -0.3 is 15.3 Å². The molecule has 0 amide bonds. The quantitative estimate of drug-likeness (QED) is 0.846. The van der Waals surface area contributed by atoms with Gasteiger partial charge in [-0.1, -0.05) is 25.8 Å². The molecule has 0 radical (unpaired) electrons. The fourth-order valence-electron chi connectivity index (χ4n) is 2.97. The molecular weight excluding hydrogens is 262 g/mol. The molecule has 1 aliphatic heterocycles. The number of rotatable bonds is 6. The molecule has 2 N–H and O–H groups in total. The Morgan fingerprint density at radius 3 is 2.90 bits per heavy atom. The van der Waals surface area contributed by atoms with Crippen LogP contribution < -0.4 is 10.2 Å². The number of hydrogen-bond acceptors (Lipinski definition) is 4. The second-order valence-electron chi connectivity index (χ2n) is 6.00. The third-order valence-corrected chi connectivity index (χ3v) is 4.35. The number of aliphatic hydroxyl groups excluding tert-OH is 1. The Hall–Kier alpha value is -1.13. The van der Waals surface area contributed by atoms with Gasteiger partial charge >= 0.3 is 0 Å². The molecule has 1 saturated heterocycles. The van der Waals surface area contributed by atoms with Gasteiger partial charge in [0.1, 0.15) is 5.82 Å². The van der Waals surface area contributed by atoms with Crippen molar-refractivity contribution in [2.75, 3.05) is 24.6 Å². The van der Waals surface area contributed by atoms with Crippen LogP contribution in [0.3, 0.4) is 0 Å². The molecule has 0 spiro atoms. The Balaban J connectivity index is 2.06. The first kappa shape index (κ1) is 16.2. The van der Waals surface area contributed by atoms with Crippen molar-refractivity contribution in [3.05, 3.63) is 23.9 Å². The van der Waals surface area contributed by atoms with Gasteiger partial charge in [-0.15, -0.1) is 0 Å². The van der Waals surface area contributed by atoms with Gasteiger partial charge in [-0.3, -0.25) is 0 Å². The van der Waals surface area contributed by atoms with E-state index in [1.807, 2.05) is 6.20 Å². The van der Waals surface area contributed by atoms with E-state index in [2.05, 4.69) is 41.2 Å². The minimum absolute atomic E-state index is 0.220. The zero-order valence-corrected chi connectivity index (χ0v) is 13.4. The highest BCUT2D eigenvalue weighted by Gasteiger charge is 2.21. The van der Waals surface area contributed by atoms with E-state index in [0.717, 1.165) is 31.7 Å². The Morgan fingerprint density at radius 1 is 1.38 bits per heavy atom. The highest BCUT2D eigenvalue weighted by atomic mass is 16.3. The Kier molecular flexibility index (Phi) is 6.46. The highest BCUT2D eigenvalue weighted by molar-refractivity contribution is 5.41. The van der Waals surface area contributed by atoms with Crippen LogP contribution in [0.4, 0.5) is 5.82 Å². The van der Waals surface area contributed by atoms with Crippen molar-refractivity contribution < 1.29 is 5.11 Å². The average molecular weight is 291 g/mol. The molecule has 0 aromatic carbocycles. The Labute approximate surface area is 128 Å². The number of pyridine rings is 1. The summed E-state index contributed by atoms with van der Waals surface area (Å²) in [6.07, 6.45) is 7.83. The van der Waals surface area contributed by atoms with Crippen LogP contribution in [-0.4, -0.2) is 35.8 Å². The number of aromatic nitrogens is 1. The molecule has 2 unspecified atom stereocenters. The summed E-state index contributed by atoms with van der Waals surface area (Å²) in [5, 5.41) is 13.1. The van der Waals surface area contributed by atoms with Gasteiger partial charge in [0.25, 0.3) is 0 Å². The predicted octanol–water partition coefficient (Wildman–Crippen LogP) is 2.88. The van der Waals surface area contributed by atoms with Crippen molar-refractivity contribution in [1.29, 1.82) is 0 Å². The molecule has 21 heavy (non-hydrogen) atoms. The van der Waals surface area contributed by atoms with E-state index >= 15 is 0 Å². The molecule has 4 nitrogen and oxygen atoms in total. The summed E-state index contributed by atoms with van der Waals surface area (Å²) in [5.41, 5.74) is 1.22. The zero-order valence-electron chi connectivity index (χ0n) is 13.4. The lowest BCUT2D eigenvalue weighted by atomic mass is 10.1. The monoisotopic (exact) mass is 291 g/mol. The molecule has 1 aliphatic rings. The summed E-state index contributed by atoms with van der Waals surface area (Å²) < 4.78 is 0. The number of aliphatic hydroxyl groups is 1. The predicted molar refractivity (Wildman–Crippen MR) is 87.6 cm³/mol. The van der Waals surface area contributed by atoms with Gasteiger partial charge in [0.2, 0.25) is 0 Å². The average Bonchev–Trinajstić information content (AvgIpc) is 2.78. The van der Waals surface area contributed by atoms with Crippen LogP contribution in [-0.2, 0) is 0 Å². The van der Waals surface area contributed by atoms with E-state index in [1.54, 1.807) is 0 Å². The molecule has 2 heterocycles. The largest absolute Gasteiger partial charge is 0.394 e. The smallest absolute Gasteiger partial charge is 0.128 e. The van der Waals surface area contributed by atoms with Crippen LogP contribution in [0.5, 0.6) is 0 Å². The van der Waals surface area contributed by atoms with Crippen molar-refractivity contribution in [3.63, 3.8) is 0 Å². The van der Waals surface area contributed by atoms with E-state index < -0.39 is 0 Å². The highest BCUT2D eigenvalue weighted by Crippen LogP contribution is 2.23. The van der Waals surface area contributed by atoms with Crippen LogP contribution in [0.2, 0.25) is 0 Å². The van der Waals surface area contributed by atoms with E-state index in [4.69, 9.17) is 0 Å². The lowest BCUT2D eigenvalue weighted by Crippen LogP contribution is -2.38. The normalized spacial score (nSPS) is 21.1. The van der Waals surface area contributed by atoms with Gasteiger partial charge in [-0.2, -0.15) is 0 Å². The maximum atomic E-state index is 9.61. The summed E-state index contributed by atoms with van der Waals surface area (Å²) in [5.74, 6) is 1.00. The molecule has 1 fully saturated rings. The molecule has 0 aliphatic carbocycles. The third-order valence-electron chi connectivity index (χ3n) is 4.35. The molecule has 1 aromatic heterocycles. The van der Waals surface area contributed by atoms with Crippen LogP contribution in [0.25, 0.3) is 0 Å². The van der Waals surface area contributed by atoms with Crippen LogP contribution in [0.1, 0.15) is 57.6 Å². The molecule has 2 rings (SSSR count). The maximum absolute atomic E-state index is 9.61. The van der Waals surface area contributed by atoms with E-state index in [9.17, 15) is 5.11 Å². The first-order valence-electron chi connectivity index (χ1n) is 8.33. The first-order chi connectivity index (χ1) is 10.3. The summed E-state index contributed by atoms with van der Waals surface area (Å²) in [7, 11) is 0. The topological polar surface area (TPSA) is 48.4 Å². The molecule has 0 bridgehead atoms. The van der Waals surface area contributed by atoms with Crippen molar-refractivity contribution in [2.24, 2.45) is 0 Å². The second-order valence-corrected chi connectivity index (χ2v) is 6.00. The van der Waals surface area contributed by atoms with Crippen LogP contribution >= 0.6 is 0 Å². The fraction of sp³-hybridized carbons (Fsp3) is 0.706. The third kappa shape index (κ3) is 4.42. The molecule has 2 atom stereocenters. The maximum Gasteiger partial charge on any atom is 0.128 e. The summed E-state index contributed by atoms with van der Waals surface area (Å²) in [6.45, 7) is 6.60. The Bertz CT molecular complexity index is 407. The minimum Gasteiger partial charge on any atom is -0.394 e. The van der Waals surface area contributed by atoms with E-state index in [-0.39, 0.29) is 12.6 Å². The van der Waals surface area contributed by atoms with Crippen molar-refractivity contribution >= 4 is 5.82 Å². The molecule has 0 saturated carbocycles. The van der Waals surface area contributed by atoms with Crippen LogP contribution in [0, 0.1) is 0 Å². The van der Waals surface area contributed by atoms with Gasteiger partial charge in [-0.05, 0) is 44.4 Å². The van der Waals surface area contributed by atoms with E-state index in [0.29, 0.717) is 6.04 Å². The fourth-order valence-corrected chi connectivity index (χ4v) is 2.97. The SMILES string of the molecule is CCCNC(C)c1ccc(N2CCCCCC2CO)nc1. The zero-order chi connectivity index (χ0) is 15.1. The lowest BCUT2D eigenvalue weighted by molar-refractivity contribution is 0.254. The van der Waals surface area contributed by atoms with Gasteiger partial charge in [0, 0.05) is 18.8 Å². The standard InChI is InChI=1S/C17H29N3O/c1-3-10-18-14(2)15-8-9-17(19-12-15)20-11-6-4-5-7-16(20)13-21/h8-9,12,14,16,18,21H,3-7,10-11,13H2,1-2H3. The van der Waals surface area contributed by atoms with Gasteiger partial charge in [0.15, 0.2) is 0 Å². The van der Waals surface area contributed by atoms with Crippen molar-refractivity contribution in [3.8, 4) is 0 Å². The summed E-state index contributed by atoms with van der Waals surface area (Å²) in [6, 6.07) is 4.83. The molecule has 4 heteroatoms. The first-order valence-corrected chi connectivity index (χ1v) is 8.33. The number of hydrogen-bond donors (Lipinski definition) is 2. The van der Waals surface area contributed by atoms with E-state index in [1.165, 1.54) is 24.8 Å². The van der Waals surface area contributed by atoms with Gasteiger partial charge in [0.05, 0.1) is 12.6 Å². The summed E-state index contributed by atoms with van der Waals surface area (Å²) >= 11 is 0. The molecular formula is C17H29N3O. The second kappa shape index (κ2) is 8.35. The van der Waals surface area contributed by atoms with Crippen molar-refractivity contribution in [1.82, 2.24) is 10.3 Å². The number of nitrogens with zero attached hydrogens (tertiary/aromatic N) is 2. The van der Waals surface area contributed by atoms with Crippen LogP contribution in [0.15, 0.2) is 18.3 Å². The number of anilines is 1. The lowest BCUT2D eigenvalue weighted by Gasteiger charge is -2.30. The minimum atomic E-state index is 0.220. The Morgan fingerprint density at radius 2 is 2.24 bits per heavy atom. The van der Waals surface area contributed by atoms with Gasteiger partial charge in [-0.25, -0.2) is 4.98 Å². The molecule has 118 valence electrons. The summed E-state index contributed by atoms with van der Waals surface area (Å²) in [4.78, 5) is 6.92. The molecule has 1 aromatic rings.